The van der Waals surface area contributed by atoms with Crippen LogP contribution in [0.2, 0.25) is 0 Å². The maximum atomic E-state index is 14.8. The number of rotatable bonds is 11. The van der Waals surface area contributed by atoms with Crippen LogP contribution in [0, 0.1) is 12.7 Å². The Morgan fingerprint density at radius 1 is 1.14 bits per heavy atom. The van der Waals surface area contributed by atoms with Crippen molar-refractivity contribution in [2.75, 3.05) is 32.6 Å². The molecule has 1 aliphatic rings. The average molecular weight is 591 g/mol. The quantitative estimate of drug-likeness (QED) is 0.237. The largest absolute Gasteiger partial charge is 0.480 e. The number of aromatic nitrogens is 3. The number of imidazole rings is 1. The highest BCUT2D eigenvalue weighted by molar-refractivity contribution is 5.92. The molecule has 0 bridgehead atoms. The van der Waals surface area contributed by atoms with Gasteiger partial charge in [0.2, 0.25) is 0 Å². The number of nitrogens with one attached hydrogen (secondary N) is 2. The molecular formula is C31H35FN6O5. The zero-order valence-electron chi connectivity index (χ0n) is 24.3. The van der Waals surface area contributed by atoms with Crippen LogP contribution in [0.5, 0.6) is 0 Å². The van der Waals surface area contributed by atoms with Gasteiger partial charge in [-0.3, -0.25) is 4.90 Å². The van der Waals surface area contributed by atoms with E-state index < -0.39 is 30.0 Å². The summed E-state index contributed by atoms with van der Waals surface area (Å²) in [5, 5.41) is 16.2. The number of carboxylic acids is 1. The summed E-state index contributed by atoms with van der Waals surface area (Å²) in [6.07, 6.45) is -0.658. The second-order valence-corrected chi connectivity index (χ2v) is 10.5. The fourth-order valence-corrected chi connectivity index (χ4v) is 5.48. The van der Waals surface area contributed by atoms with E-state index in [0.29, 0.717) is 35.7 Å². The number of hydrogen-bond donors (Lipinski definition) is 3. The van der Waals surface area contributed by atoms with Crippen LogP contribution >= 0.6 is 0 Å². The molecule has 12 heteroatoms. The molecule has 0 unspecified atom stereocenters. The molecule has 4 aromatic rings. The van der Waals surface area contributed by atoms with Crippen molar-refractivity contribution < 1.29 is 28.6 Å². The molecule has 226 valence electrons. The number of pyridine rings is 1. The van der Waals surface area contributed by atoms with E-state index in [0.717, 1.165) is 16.9 Å². The van der Waals surface area contributed by atoms with Crippen molar-refractivity contribution in [1.29, 1.82) is 0 Å². The van der Waals surface area contributed by atoms with Gasteiger partial charge in [-0.1, -0.05) is 36.4 Å². The monoisotopic (exact) mass is 590 g/mol. The van der Waals surface area contributed by atoms with Crippen LogP contribution in [0.4, 0.5) is 15.0 Å². The van der Waals surface area contributed by atoms with Gasteiger partial charge in [0.05, 0.1) is 29.4 Å². The van der Waals surface area contributed by atoms with Crippen LogP contribution in [-0.4, -0.2) is 82.0 Å². The fourth-order valence-electron chi connectivity index (χ4n) is 5.48. The predicted octanol–water partition coefficient (Wildman–Crippen LogP) is 4.06. The summed E-state index contributed by atoms with van der Waals surface area (Å²) in [6.45, 7) is 3.16. The van der Waals surface area contributed by atoms with Gasteiger partial charge in [-0.15, -0.1) is 0 Å². The van der Waals surface area contributed by atoms with E-state index in [4.69, 9.17) is 14.5 Å². The SMILES string of the molecule is CNC[C@@H](Cn1c(C)nc2cc(F)cc(-c3cccc(N[C@H]4C[C@@H](C(=O)O)N(C(=O)OCc5ccccc5)C4)n3)c21)OC. The molecule has 0 saturated carbocycles. The van der Waals surface area contributed by atoms with Gasteiger partial charge in [0.1, 0.15) is 30.1 Å². The third-order valence-corrected chi connectivity index (χ3v) is 7.55. The molecule has 3 atom stereocenters. The molecule has 1 fully saturated rings. The minimum absolute atomic E-state index is 0.0441. The molecular weight excluding hydrogens is 555 g/mol. The van der Waals surface area contributed by atoms with Crippen molar-refractivity contribution in [1.82, 2.24) is 24.8 Å². The fraction of sp³-hybridized carbons (Fsp3) is 0.355. The molecule has 0 spiro atoms. The summed E-state index contributed by atoms with van der Waals surface area (Å²) >= 11 is 0. The van der Waals surface area contributed by atoms with Crippen LogP contribution in [0.3, 0.4) is 0 Å². The summed E-state index contributed by atoms with van der Waals surface area (Å²) in [7, 11) is 3.50. The Labute approximate surface area is 248 Å². The summed E-state index contributed by atoms with van der Waals surface area (Å²) in [4.78, 5) is 35.4. The van der Waals surface area contributed by atoms with Gasteiger partial charge in [-0.05, 0) is 37.7 Å². The molecule has 3 N–H and O–H groups in total. The van der Waals surface area contributed by atoms with Gasteiger partial charge >= 0.3 is 12.1 Å². The van der Waals surface area contributed by atoms with Crippen LogP contribution in [0.25, 0.3) is 22.3 Å². The smallest absolute Gasteiger partial charge is 0.410 e. The normalized spacial score (nSPS) is 17.3. The second kappa shape index (κ2) is 13.2. The lowest BCUT2D eigenvalue weighted by Crippen LogP contribution is -2.41. The number of benzene rings is 2. The van der Waals surface area contributed by atoms with Gasteiger partial charge < -0.3 is 29.8 Å². The number of likely N-dealkylation sites (tertiary alicyclic amines) is 1. The summed E-state index contributed by atoms with van der Waals surface area (Å²) in [5.74, 6) is -0.354. The summed E-state index contributed by atoms with van der Waals surface area (Å²) in [5.41, 5.74) is 3.14. The number of aryl methyl sites for hydroxylation is 1. The Balaban J connectivity index is 1.37. The lowest BCUT2D eigenvalue weighted by Gasteiger charge is -2.21. The molecule has 2 aromatic heterocycles. The first kappa shape index (κ1) is 29.9. The van der Waals surface area contributed by atoms with E-state index >= 15 is 0 Å². The number of carbonyl (C=O) groups is 2. The van der Waals surface area contributed by atoms with Crippen LogP contribution in [0.1, 0.15) is 17.8 Å². The number of halogens is 1. The number of likely N-dealkylation sites (N-methyl/N-ethyl adjacent to an activating group) is 1. The molecule has 1 saturated heterocycles. The van der Waals surface area contributed by atoms with Gasteiger partial charge in [0.15, 0.2) is 0 Å². The number of nitrogens with zero attached hydrogens (tertiary/aromatic N) is 4. The Bertz CT molecular complexity index is 1600. The standard InChI is InChI=1S/C31H35FN6O5/c1-19-34-26-13-21(32)12-24(29(26)37(19)17-23(42-3)15-33-2)25-10-7-11-28(36-25)35-22-14-27(30(39)40)38(16-22)31(41)43-18-20-8-5-4-6-9-20/h4-13,22-23,27,33H,14-18H2,1-3H3,(H,35,36)(H,39,40)/t22-,23-,27-/m0/s1. The number of hydrogen-bond acceptors (Lipinski definition) is 8. The lowest BCUT2D eigenvalue weighted by atomic mass is 10.1. The number of amides is 1. The van der Waals surface area contributed by atoms with E-state index in [-0.39, 0.29) is 25.7 Å². The first-order valence-corrected chi connectivity index (χ1v) is 14.0. The van der Waals surface area contributed by atoms with Crippen LogP contribution in [-0.2, 0) is 27.4 Å². The van der Waals surface area contributed by atoms with E-state index in [2.05, 4.69) is 15.6 Å². The Morgan fingerprint density at radius 2 is 1.93 bits per heavy atom. The molecule has 0 aliphatic carbocycles. The minimum Gasteiger partial charge on any atom is -0.480 e. The molecule has 5 rings (SSSR count). The minimum atomic E-state index is -1.11. The first-order valence-electron chi connectivity index (χ1n) is 14.0. The molecule has 1 amide bonds. The number of carbonyl (C=O) groups excluding carboxylic acids is 1. The highest BCUT2D eigenvalue weighted by atomic mass is 19.1. The number of ether oxygens (including phenoxy) is 2. The zero-order valence-corrected chi connectivity index (χ0v) is 24.3. The predicted molar refractivity (Wildman–Crippen MR) is 159 cm³/mol. The maximum Gasteiger partial charge on any atom is 0.410 e. The van der Waals surface area contributed by atoms with Crippen molar-refractivity contribution in [3.05, 3.63) is 77.9 Å². The van der Waals surface area contributed by atoms with Crippen molar-refractivity contribution in [3.63, 3.8) is 0 Å². The molecule has 43 heavy (non-hydrogen) atoms. The van der Waals surface area contributed by atoms with E-state index in [1.54, 1.807) is 25.3 Å². The molecule has 1 aliphatic heterocycles. The van der Waals surface area contributed by atoms with Gasteiger partial charge in [-0.2, -0.15) is 0 Å². The first-order chi connectivity index (χ1) is 20.8. The van der Waals surface area contributed by atoms with E-state index in [9.17, 15) is 19.1 Å². The molecule has 0 radical (unpaired) electrons. The highest BCUT2D eigenvalue weighted by Gasteiger charge is 2.40. The summed E-state index contributed by atoms with van der Waals surface area (Å²) < 4.78 is 27.8. The van der Waals surface area contributed by atoms with Crippen molar-refractivity contribution in [3.8, 4) is 11.3 Å². The number of fused-ring (bicyclic) bond motifs is 1. The van der Waals surface area contributed by atoms with Crippen molar-refractivity contribution in [2.24, 2.45) is 0 Å². The average Bonchev–Trinajstić information content (AvgIpc) is 3.56. The van der Waals surface area contributed by atoms with Gasteiger partial charge in [-0.25, -0.2) is 23.9 Å². The Kier molecular flexibility index (Phi) is 9.17. The van der Waals surface area contributed by atoms with Crippen molar-refractivity contribution >= 4 is 28.9 Å². The Morgan fingerprint density at radius 3 is 2.65 bits per heavy atom. The number of anilines is 1. The number of aliphatic carboxylic acids is 1. The van der Waals surface area contributed by atoms with Crippen LogP contribution in [0.15, 0.2) is 60.7 Å². The lowest BCUT2D eigenvalue weighted by molar-refractivity contribution is -0.141. The number of methoxy groups -OCH3 is 1. The van der Waals surface area contributed by atoms with Crippen LogP contribution < -0.4 is 10.6 Å². The molecule has 2 aromatic carbocycles. The van der Waals surface area contributed by atoms with Gasteiger partial charge in [0, 0.05) is 44.3 Å². The molecule has 11 nitrogen and oxygen atoms in total. The van der Waals surface area contributed by atoms with Crippen molar-refractivity contribution in [2.45, 2.75) is 44.7 Å². The third kappa shape index (κ3) is 6.76. The maximum absolute atomic E-state index is 14.8. The third-order valence-electron chi connectivity index (χ3n) is 7.55. The van der Waals surface area contributed by atoms with E-state index in [1.165, 1.54) is 17.0 Å². The summed E-state index contributed by atoms with van der Waals surface area (Å²) in [6, 6.07) is 15.9. The Hall–Kier alpha value is -4.55. The zero-order chi connectivity index (χ0) is 30.5. The number of carboxylic acid groups (broad SMARTS) is 1. The molecule has 3 heterocycles. The van der Waals surface area contributed by atoms with Gasteiger partial charge in [0.25, 0.3) is 0 Å². The van der Waals surface area contributed by atoms with E-state index in [1.807, 2.05) is 48.9 Å². The topological polar surface area (TPSA) is 131 Å². The highest BCUT2D eigenvalue weighted by Crippen LogP contribution is 2.31. The second-order valence-electron chi connectivity index (χ2n) is 10.5.